The average Bonchev–Trinajstić information content (AvgIpc) is 2.39. The molecule has 2 aromatic rings. The molecule has 4 heteroatoms. The van der Waals surface area contributed by atoms with E-state index >= 15 is 0 Å². The molecule has 0 aliphatic heterocycles. The molecule has 0 unspecified atom stereocenters. The third kappa shape index (κ3) is 2.36. The predicted octanol–water partition coefficient (Wildman–Crippen LogP) is 2.40. The second-order valence-electron chi connectivity index (χ2n) is 3.71. The summed E-state index contributed by atoms with van der Waals surface area (Å²) < 4.78 is 0. The van der Waals surface area contributed by atoms with Crippen LogP contribution in [0.4, 0.5) is 0 Å². The van der Waals surface area contributed by atoms with Crippen LogP contribution in [0.5, 0.6) is 5.75 Å². The van der Waals surface area contributed by atoms with Gasteiger partial charge in [0.1, 0.15) is 12.2 Å². The van der Waals surface area contributed by atoms with Gasteiger partial charge in [-0.2, -0.15) is 5.26 Å². The fourth-order valence-electron chi connectivity index (χ4n) is 1.67. The summed E-state index contributed by atoms with van der Waals surface area (Å²) in [6, 6.07) is 12.3. The van der Waals surface area contributed by atoms with E-state index in [9.17, 15) is 9.90 Å². The molecule has 0 atom stereocenters. The Hall–Kier alpha value is -2.67. The lowest BCUT2D eigenvalue weighted by Crippen LogP contribution is -1.93. The first-order valence-electron chi connectivity index (χ1n) is 5.37. The molecule has 88 valence electrons. The summed E-state index contributed by atoms with van der Waals surface area (Å²) >= 11 is 0. The molecule has 0 saturated heterocycles. The fraction of sp³-hybridized carbons (Fsp3) is 0.0714. The van der Waals surface area contributed by atoms with E-state index in [1.807, 2.05) is 18.2 Å². The summed E-state index contributed by atoms with van der Waals surface area (Å²) in [7, 11) is 0. The molecule has 0 radical (unpaired) electrons. The first-order chi connectivity index (χ1) is 8.72. The SMILES string of the molecule is N#CCC(=O)N=Cc1ccc(O)c2ccccc12. The Balaban J connectivity index is 2.44. The van der Waals surface area contributed by atoms with Gasteiger partial charge in [-0.25, -0.2) is 4.99 Å². The quantitative estimate of drug-likeness (QED) is 0.816. The van der Waals surface area contributed by atoms with Crippen molar-refractivity contribution >= 4 is 22.9 Å². The standard InChI is InChI=1S/C14H10N2O2/c15-8-7-14(18)16-9-10-5-6-13(17)12-4-2-1-3-11(10)12/h1-6,9,17H,7H2. The molecule has 0 aromatic heterocycles. The zero-order chi connectivity index (χ0) is 13.0. The normalized spacial score (nSPS) is 10.6. The maximum absolute atomic E-state index is 11.1. The molecule has 2 rings (SSSR count). The number of aliphatic imine (C=N–C) groups is 1. The summed E-state index contributed by atoms with van der Waals surface area (Å²) in [5.41, 5.74) is 0.731. The van der Waals surface area contributed by atoms with Crippen molar-refractivity contribution < 1.29 is 9.90 Å². The van der Waals surface area contributed by atoms with Crippen molar-refractivity contribution in [2.75, 3.05) is 0 Å². The molecule has 0 aliphatic carbocycles. The van der Waals surface area contributed by atoms with E-state index < -0.39 is 5.91 Å². The number of aromatic hydroxyl groups is 1. The first kappa shape index (κ1) is 11.8. The second kappa shape index (κ2) is 5.11. The van der Waals surface area contributed by atoms with E-state index in [4.69, 9.17) is 5.26 Å². The van der Waals surface area contributed by atoms with Gasteiger partial charge in [0.15, 0.2) is 0 Å². The van der Waals surface area contributed by atoms with Crippen LogP contribution in [-0.4, -0.2) is 17.2 Å². The molecule has 1 N–H and O–H groups in total. The molecule has 0 aliphatic rings. The topological polar surface area (TPSA) is 73.5 Å². The van der Waals surface area contributed by atoms with E-state index in [1.165, 1.54) is 6.21 Å². The van der Waals surface area contributed by atoms with Gasteiger partial charge in [-0.05, 0) is 17.5 Å². The van der Waals surface area contributed by atoms with Crippen LogP contribution in [0.1, 0.15) is 12.0 Å². The Bertz CT molecular complexity index is 669. The number of hydrogen-bond donors (Lipinski definition) is 1. The van der Waals surface area contributed by atoms with Gasteiger partial charge in [-0.3, -0.25) is 4.79 Å². The van der Waals surface area contributed by atoms with Crippen molar-refractivity contribution in [1.82, 2.24) is 0 Å². The van der Waals surface area contributed by atoms with Gasteiger partial charge in [-0.1, -0.05) is 24.3 Å². The summed E-state index contributed by atoms with van der Waals surface area (Å²) in [4.78, 5) is 14.8. The lowest BCUT2D eigenvalue weighted by molar-refractivity contribution is -0.116. The number of carbonyl (C=O) groups excluding carboxylic acids is 1. The number of phenols is 1. The van der Waals surface area contributed by atoms with E-state index in [2.05, 4.69) is 4.99 Å². The van der Waals surface area contributed by atoms with Crippen molar-refractivity contribution in [3.8, 4) is 11.8 Å². The van der Waals surface area contributed by atoms with Crippen LogP contribution >= 0.6 is 0 Å². The van der Waals surface area contributed by atoms with Crippen molar-refractivity contribution in [3.63, 3.8) is 0 Å². The van der Waals surface area contributed by atoms with Gasteiger partial charge in [0.05, 0.1) is 6.07 Å². The van der Waals surface area contributed by atoms with Crippen LogP contribution in [0.25, 0.3) is 10.8 Å². The van der Waals surface area contributed by atoms with Gasteiger partial charge in [0, 0.05) is 17.2 Å². The molecule has 18 heavy (non-hydrogen) atoms. The number of nitrogens with zero attached hydrogens (tertiary/aromatic N) is 2. The summed E-state index contributed by atoms with van der Waals surface area (Å²) in [6.45, 7) is 0. The Morgan fingerprint density at radius 1 is 1.28 bits per heavy atom. The highest BCUT2D eigenvalue weighted by Crippen LogP contribution is 2.26. The minimum absolute atomic E-state index is 0.186. The molecule has 0 fully saturated rings. The van der Waals surface area contributed by atoms with Crippen LogP contribution < -0.4 is 0 Å². The van der Waals surface area contributed by atoms with E-state index in [1.54, 1.807) is 24.3 Å². The molecule has 0 heterocycles. The number of phenolic OH excluding ortho intramolecular Hbond substituents is 1. The molecule has 1 amide bonds. The monoisotopic (exact) mass is 238 g/mol. The maximum Gasteiger partial charge on any atom is 0.259 e. The largest absolute Gasteiger partial charge is 0.507 e. The van der Waals surface area contributed by atoms with Crippen LogP contribution in [0.15, 0.2) is 41.4 Å². The Labute approximate surface area is 104 Å². The molecular weight excluding hydrogens is 228 g/mol. The number of nitriles is 1. The van der Waals surface area contributed by atoms with Gasteiger partial charge in [0.25, 0.3) is 5.91 Å². The van der Waals surface area contributed by atoms with Gasteiger partial charge < -0.3 is 5.11 Å². The molecular formula is C14H10N2O2. The third-order valence-electron chi connectivity index (χ3n) is 2.51. The Kier molecular flexibility index (Phi) is 3.35. The van der Waals surface area contributed by atoms with Crippen LogP contribution in [0.3, 0.4) is 0 Å². The van der Waals surface area contributed by atoms with Crippen LogP contribution in [-0.2, 0) is 4.79 Å². The molecule has 0 saturated carbocycles. The van der Waals surface area contributed by atoms with E-state index in [0.717, 1.165) is 10.9 Å². The Morgan fingerprint density at radius 3 is 2.72 bits per heavy atom. The maximum atomic E-state index is 11.1. The van der Waals surface area contributed by atoms with E-state index in [0.29, 0.717) is 5.39 Å². The van der Waals surface area contributed by atoms with Crippen molar-refractivity contribution in [2.45, 2.75) is 6.42 Å². The average molecular weight is 238 g/mol. The number of hydrogen-bond acceptors (Lipinski definition) is 3. The molecule has 0 bridgehead atoms. The predicted molar refractivity (Wildman–Crippen MR) is 68.4 cm³/mol. The fourth-order valence-corrected chi connectivity index (χ4v) is 1.67. The van der Waals surface area contributed by atoms with Gasteiger partial charge in [-0.15, -0.1) is 0 Å². The number of benzene rings is 2. The molecule has 4 nitrogen and oxygen atoms in total. The zero-order valence-electron chi connectivity index (χ0n) is 9.50. The summed E-state index contributed by atoms with van der Waals surface area (Å²) in [5.74, 6) is -0.291. The first-order valence-corrected chi connectivity index (χ1v) is 5.37. The van der Waals surface area contributed by atoms with Crippen molar-refractivity contribution in [2.24, 2.45) is 4.99 Å². The third-order valence-corrected chi connectivity index (χ3v) is 2.51. The van der Waals surface area contributed by atoms with Gasteiger partial charge >= 0.3 is 0 Å². The number of rotatable bonds is 2. The highest BCUT2D eigenvalue weighted by molar-refractivity contribution is 6.04. The van der Waals surface area contributed by atoms with Crippen molar-refractivity contribution in [1.29, 1.82) is 5.26 Å². The van der Waals surface area contributed by atoms with Crippen molar-refractivity contribution in [3.05, 3.63) is 42.0 Å². The number of amides is 1. The number of fused-ring (bicyclic) bond motifs is 1. The summed E-state index contributed by atoms with van der Waals surface area (Å²) in [6.07, 6.45) is 1.19. The zero-order valence-corrected chi connectivity index (χ0v) is 9.50. The lowest BCUT2D eigenvalue weighted by Gasteiger charge is -2.03. The van der Waals surface area contributed by atoms with Gasteiger partial charge in [0.2, 0.25) is 0 Å². The molecule has 2 aromatic carbocycles. The minimum atomic E-state index is -0.477. The molecule has 0 spiro atoms. The van der Waals surface area contributed by atoms with Crippen LogP contribution in [0, 0.1) is 11.3 Å². The minimum Gasteiger partial charge on any atom is -0.507 e. The highest BCUT2D eigenvalue weighted by atomic mass is 16.3. The number of carbonyl (C=O) groups is 1. The summed E-state index contributed by atoms with van der Waals surface area (Å²) in [5, 5.41) is 19.6. The van der Waals surface area contributed by atoms with Crippen LogP contribution in [0.2, 0.25) is 0 Å². The lowest BCUT2D eigenvalue weighted by atomic mass is 10.0. The second-order valence-corrected chi connectivity index (χ2v) is 3.71. The Morgan fingerprint density at radius 2 is 2.00 bits per heavy atom. The highest BCUT2D eigenvalue weighted by Gasteiger charge is 2.03. The smallest absolute Gasteiger partial charge is 0.259 e. The van der Waals surface area contributed by atoms with E-state index in [-0.39, 0.29) is 12.2 Å².